The Labute approximate surface area is 104 Å². The van der Waals surface area contributed by atoms with Crippen LogP contribution in [0, 0.1) is 5.92 Å². The second-order valence-electron chi connectivity index (χ2n) is 4.07. The van der Waals surface area contributed by atoms with E-state index in [1.54, 1.807) is 14.0 Å². The van der Waals surface area contributed by atoms with Gasteiger partial charge in [-0.1, -0.05) is 13.8 Å². The lowest BCUT2D eigenvalue weighted by Gasteiger charge is -2.13. The molecule has 0 bridgehead atoms. The highest BCUT2D eigenvalue weighted by Crippen LogP contribution is 1.86. The Morgan fingerprint density at radius 1 is 1.24 bits per heavy atom. The minimum Gasteiger partial charge on any atom is -0.356 e. The van der Waals surface area contributed by atoms with Crippen molar-refractivity contribution >= 4 is 16.0 Å². The summed E-state index contributed by atoms with van der Waals surface area (Å²) >= 11 is 0. The number of sulfonamides is 1. The van der Waals surface area contributed by atoms with Gasteiger partial charge in [0.25, 0.3) is 0 Å². The molecule has 0 aliphatic carbocycles. The van der Waals surface area contributed by atoms with Gasteiger partial charge in [-0.25, -0.2) is 13.1 Å². The summed E-state index contributed by atoms with van der Waals surface area (Å²) < 4.78 is 24.8. The van der Waals surface area contributed by atoms with Crippen molar-refractivity contribution in [1.82, 2.24) is 15.4 Å². The van der Waals surface area contributed by atoms with Gasteiger partial charge in [-0.3, -0.25) is 4.99 Å². The van der Waals surface area contributed by atoms with Crippen LogP contribution >= 0.6 is 0 Å². The molecular formula is C10H24N4O2S. The van der Waals surface area contributed by atoms with Crippen LogP contribution in [-0.4, -0.2) is 46.8 Å². The number of hydrogen-bond acceptors (Lipinski definition) is 3. The van der Waals surface area contributed by atoms with Crippen molar-refractivity contribution in [2.45, 2.75) is 20.8 Å². The maximum Gasteiger partial charge on any atom is 0.211 e. The predicted molar refractivity (Wildman–Crippen MR) is 71.7 cm³/mol. The Kier molecular flexibility index (Phi) is 7.90. The summed E-state index contributed by atoms with van der Waals surface area (Å²) in [5, 5.41) is 6.18. The van der Waals surface area contributed by atoms with Crippen LogP contribution in [0.25, 0.3) is 0 Å². The third-order valence-corrected chi connectivity index (χ3v) is 3.42. The van der Waals surface area contributed by atoms with Crippen molar-refractivity contribution in [2.75, 3.05) is 32.4 Å². The minimum atomic E-state index is -3.10. The summed E-state index contributed by atoms with van der Waals surface area (Å²) in [5.41, 5.74) is 0. The molecule has 0 aliphatic rings. The molecule has 0 aliphatic heterocycles. The van der Waals surface area contributed by atoms with E-state index in [9.17, 15) is 8.42 Å². The number of nitrogens with one attached hydrogen (secondary N) is 3. The van der Waals surface area contributed by atoms with Crippen molar-refractivity contribution < 1.29 is 8.42 Å². The first kappa shape index (κ1) is 16.2. The molecule has 0 aromatic heterocycles. The molecule has 17 heavy (non-hydrogen) atoms. The lowest BCUT2D eigenvalue weighted by molar-refractivity contribution is 0.581. The van der Waals surface area contributed by atoms with E-state index in [-0.39, 0.29) is 5.75 Å². The summed E-state index contributed by atoms with van der Waals surface area (Å²) in [6, 6.07) is 0. The second kappa shape index (κ2) is 8.30. The average molecular weight is 264 g/mol. The average Bonchev–Trinajstić information content (AvgIpc) is 2.28. The molecule has 0 amide bonds. The number of nitrogens with zero attached hydrogens (tertiary/aromatic N) is 1. The molecule has 102 valence electrons. The van der Waals surface area contributed by atoms with Gasteiger partial charge in [0.15, 0.2) is 5.96 Å². The van der Waals surface area contributed by atoms with Gasteiger partial charge < -0.3 is 10.6 Å². The molecule has 6 nitrogen and oxygen atoms in total. The molecule has 0 aromatic rings. The molecule has 0 saturated heterocycles. The molecule has 3 N–H and O–H groups in total. The lowest BCUT2D eigenvalue weighted by atomic mass is 10.2. The van der Waals surface area contributed by atoms with Crippen molar-refractivity contribution in [3.8, 4) is 0 Å². The predicted octanol–water partition coefficient (Wildman–Crippen LogP) is -0.253. The molecule has 7 heteroatoms. The van der Waals surface area contributed by atoms with E-state index in [4.69, 9.17) is 0 Å². The topological polar surface area (TPSA) is 82.6 Å². The van der Waals surface area contributed by atoms with E-state index in [1.165, 1.54) is 0 Å². The highest BCUT2D eigenvalue weighted by Gasteiger charge is 2.04. The van der Waals surface area contributed by atoms with E-state index < -0.39 is 10.0 Å². The maximum absolute atomic E-state index is 11.1. The van der Waals surface area contributed by atoms with Crippen LogP contribution in [0.3, 0.4) is 0 Å². The van der Waals surface area contributed by atoms with Gasteiger partial charge >= 0.3 is 0 Å². The quantitative estimate of drug-likeness (QED) is 0.336. The van der Waals surface area contributed by atoms with Crippen molar-refractivity contribution in [2.24, 2.45) is 10.9 Å². The normalized spacial score (nSPS) is 12.9. The van der Waals surface area contributed by atoms with Crippen LogP contribution in [0.1, 0.15) is 20.8 Å². The van der Waals surface area contributed by atoms with Gasteiger partial charge in [0.05, 0.1) is 5.75 Å². The molecule has 0 aromatic carbocycles. The first-order valence-corrected chi connectivity index (χ1v) is 7.48. The van der Waals surface area contributed by atoms with Crippen molar-refractivity contribution in [3.05, 3.63) is 0 Å². The fourth-order valence-electron chi connectivity index (χ4n) is 1.01. The van der Waals surface area contributed by atoms with Gasteiger partial charge in [-0.05, 0) is 12.8 Å². The standard InChI is InChI=1S/C10H24N4O2S/c1-5-17(15,16)14-7-6-12-10(11-4)13-8-9(2)3/h9,14H,5-8H2,1-4H3,(H2,11,12,13). The van der Waals surface area contributed by atoms with Crippen LogP contribution < -0.4 is 15.4 Å². The minimum absolute atomic E-state index is 0.104. The third kappa shape index (κ3) is 8.93. The summed E-state index contributed by atoms with van der Waals surface area (Å²) in [6.07, 6.45) is 0. The lowest BCUT2D eigenvalue weighted by Crippen LogP contribution is -2.42. The zero-order valence-electron chi connectivity index (χ0n) is 11.1. The smallest absolute Gasteiger partial charge is 0.211 e. The van der Waals surface area contributed by atoms with Gasteiger partial charge in [0.1, 0.15) is 0 Å². The molecule has 0 fully saturated rings. The van der Waals surface area contributed by atoms with Crippen molar-refractivity contribution in [1.29, 1.82) is 0 Å². The Morgan fingerprint density at radius 3 is 2.35 bits per heavy atom. The number of guanidine groups is 1. The fourth-order valence-corrected chi connectivity index (χ4v) is 1.63. The maximum atomic E-state index is 11.1. The number of rotatable bonds is 7. The van der Waals surface area contributed by atoms with Crippen LogP contribution in [-0.2, 0) is 10.0 Å². The fraction of sp³-hybridized carbons (Fsp3) is 0.900. The largest absolute Gasteiger partial charge is 0.356 e. The van der Waals surface area contributed by atoms with Gasteiger partial charge in [0.2, 0.25) is 10.0 Å². The van der Waals surface area contributed by atoms with E-state index >= 15 is 0 Å². The Balaban J connectivity index is 3.79. The summed E-state index contributed by atoms with van der Waals surface area (Å²) in [4.78, 5) is 4.03. The molecule has 0 radical (unpaired) electrons. The monoisotopic (exact) mass is 264 g/mol. The molecule has 0 spiro atoms. The SMILES string of the molecule is CCS(=O)(=O)NCCNC(=NC)NCC(C)C. The zero-order chi connectivity index (χ0) is 13.3. The summed E-state index contributed by atoms with van der Waals surface area (Å²) in [7, 11) is -1.41. The number of aliphatic imine (C=N–C) groups is 1. The second-order valence-corrected chi connectivity index (χ2v) is 6.17. The molecule has 0 heterocycles. The van der Waals surface area contributed by atoms with Gasteiger partial charge in [0, 0.05) is 26.7 Å². The zero-order valence-corrected chi connectivity index (χ0v) is 11.9. The Hall–Kier alpha value is -0.820. The molecular weight excluding hydrogens is 240 g/mol. The molecule has 0 unspecified atom stereocenters. The Morgan fingerprint density at radius 2 is 1.88 bits per heavy atom. The van der Waals surface area contributed by atoms with Crippen LogP contribution in [0.2, 0.25) is 0 Å². The highest BCUT2D eigenvalue weighted by atomic mass is 32.2. The first-order valence-electron chi connectivity index (χ1n) is 5.83. The third-order valence-electron chi connectivity index (χ3n) is 2.02. The molecule has 0 atom stereocenters. The van der Waals surface area contributed by atoms with E-state index in [2.05, 4.69) is 34.2 Å². The molecule has 0 rings (SSSR count). The Bertz CT molecular complexity index is 325. The highest BCUT2D eigenvalue weighted by molar-refractivity contribution is 7.89. The van der Waals surface area contributed by atoms with Gasteiger partial charge in [-0.2, -0.15) is 0 Å². The number of hydrogen-bond donors (Lipinski definition) is 3. The van der Waals surface area contributed by atoms with Crippen LogP contribution in [0.15, 0.2) is 4.99 Å². The van der Waals surface area contributed by atoms with Crippen LogP contribution in [0.5, 0.6) is 0 Å². The summed E-state index contributed by atoms with van der Waals surface area (Å²) in [6.45, 7) is 7.53. The van der Waals surface area contributed by atoms with E-state index in [0.717, 1.165) is 6.54 Å². The first-order chi connectivity index (χ1) is 7.91. The molecule has 0 saturated carbocycles. The van der Waals surface area contributed by atoms with E-state index in [1.807, 2.05) is 0 Å². The summed E-state index contributed by atoms with van der Waals surface area (Å²) in [5.74, 6) is 1.33. The van der Waals surface area contributed by atoms with E-state index in [0.29, 0.717) is 25.0 Å². The van der Waals surface area contributed by atoms with Crippen LogP contribution in [0.4, 0.5) is 0 Å². The van der Waals surface area contributed by atoms with Gasteiger partial charge in [-0.15, -0.1) is 0 Å². The van der Waals surface area contributed by atoms with Crippen molar-refractivity contribution in [3.63, 3.8) is 0 Å².